The fourth-order valence-electron chi connectivity index (χ4n) is 3.88. The molecule has 1 fully saturated rings. The number of amides is 1. The van der Waals surface area contributed by atoms with Crippen molar-refractivity contribution in [3.8, 4) is 10.6 Å². The van der Waals surface area contributed by atoms with Crippen molar-refractivity contribution < 1.29 is 9.18 Å². The molecule has 0 aliphatic carbocycles. The molecular weight excluding hydrogens is 423 g/mol. The van der Waals surface area contributed by atoms with Crippen molar-refractivity contribution in [2.75, 3.05) is 31.5 Å². The maximum Gasteiger partial charge on any atom is 0.255 e. The molecule has 162 valence electrons. The van der Waals surface area contributed by atoms with Gasteiger partial charge in [-0.3, -0.25) is 9.69 Å². The fraction of sp³-hybridized carbons (Fsp3) is 0.200. The van der Waals surface area contributed by atoms with E-state index in [4.69, 9.17) is 4.98 Å². The Morgan fingerprint density at radius 2 is 1.84 bits per heavy atom. The van der Waals surface area contributed by atoms with E-state index in [1.165, 1.54) is 29.8 Å². The zero-order valence-electron chi connectivity index (χ0n) is 17.5. The summed E-state index contributed by atoms with van der Waals surface area (Å²) < 4.78 is 14.3. The van der Waals surface area contributed by atoms with Crippen LogP contribution in [0.5, 0.6) is 0 Å². The van der Waals surface area contributed by atoms with Crippen LogP contribution in [-0.4, -0.2) is 42.0 Å². The molecule has 1 amide bonds. The number of nitrogens with one attached hydrogen (secondary N) is 2. The highest BCUT2D eigenvalue weighted by atomic mass is 32.1. The van der Waals surface area contributed by atoms with Gasteiger partial charge in [0.2, 0.25) is 0 Å². The van der Waals surface area contributed by atoms with Crippen molar-refractivity contribution in [1.82, 2.24) is 15.2 Å². The summed E-state index contributed by atoms with van der Waals surface area (Å²) in [5.74, 6) is -0.649. The molecule has 0 radical (unpaired) electrons. The van der Waals surface area contributed by atoms with Crippen molar-refractivity contribution in [3.05, 3.63) is 83.7 Å². The largest absolute Gasteiger partial charge is 0.321 e. The zero-order valence-corrected chi connectivity index (χ0v) is 18.3. The van der Waals surface area contributed by atoms with Crippen LogP contribution >= 0.6 is 11.3 Å². The van der Waals surface area contributed by atoms with Crippen LogP contribution in [0.25, 0.3) is 20.8 Å². The van der Waals surface area contributed by atoms with E-state index in [0.717, 1.165) is 53.5 Å². The molecule has 1 aliphatic rings. The Morgan fingerprint density at radius 3 is 2.66 bits per heavy atom. The number of thiazole rings is 1. The van der Waals surface area contributed by atoms with Gasteiger partial charge >= 0.3 is 0 Å². The molecule has 32 heavy (non-hydrogen) atoms. The highest BCUT2D eigenvalue weighted by Gasteiger charge is 2.15. The third-order valence-corrected chi connectivity index (χ3v) is 6.63. The highest BCUT2D eigenvalue weighted by Crippen LogP contribution is 2.35. The van der Waals surface area contributed by atoms with Crippen molar-refractivity contribution in [1.29, 1.82) is 0 Å². The quantitative estimate of drug-likeness (QED) is 0.464. The lowest BCUT2D eigenvalue weighted by Crippen LogP contribution is -2.42. The maximum atomic E-state index is 13.2. The summed E-state index contributed by atoms with van der Waals surface area (Å²) in [7, 11) is 0. The van der Waals surface area contributed by atoms with E-state index in [-0.39, 0.29) is 11.7 Å². The van der Waals surface area contributed by atoms with Gasteiger partial charge in [0.25, 0.3) is 5.91 Å². The van der Waals surface area contributed by atoms with E-state index in [2.05, 4.69) is 33.7 Å². The first-order valence-electron chi connectivity index (χ1n) is 10.6. The number of aromatic nitrogens is 1. The number of halogens is 1. The van der Waals surface area contributed by atoms with Gasteiger partial charge in [0.1, 0.15) is 10.8 Å². The second kappa shape index (κ2) is 9.16. The number of anilines is 1. The number of benzene rings is 3. The predicted octanol–water partition coefficient (Wildman–Crippen LogP) is 4.76. The molecule has 5 rings (SSSR count). The van der Waals surface area contributed by atoms with Crippen LogP contribution in [0.1, 0.15) is 15.9 Å². The number of hydrogen-bond donors (Lipinski definition) is 2. The van der Waals surface area contributed by atoms with Gasteiger partial charge in [0.05, 0.1) is 15.9 Å². The van der Waals surface area contributed by atoms with Gasteiger partial charge in [0.15, 0.2) is 0 Å². The Balaban J connectivity index is 1.40. The van der Waals surface area contributed by atoms with Crippen LogP contribution < -0.4 is 10.6 Å². The molecule has 0 atom stereocenters. The van der Waals surface area contributed by atoms with Gasteiger partial charge in [-0.2, -0.15) is 0 Å². The van der Waals surface area contributed by atoms with E-state index in [1.807, 2.05) is 24.3 Å². The molecular formula is C25H23FN4OS. The van der Waals surface area contributed by atoms with Crippen LogP contribution in [0.4, 0.5) is 10.1 Å². The molecule has 0 saturated carbocycles. The van der Waals surface area contributed by atoms with Crippen molar-refractivity contribution in [2.24, 2.45) is 0 Å². The first-order valence-corrected chi connectivity index (χ1v) is 11.5. The minimum Gasteiger partial charge on any atom is -0.321 e. The van der Waals surface area contributed by atoms with E-state index in [9.17, 15) is 9.18 Å². The second-order valence-electron chi connectivity index (χ2n) is 7.85. The Hall–Kier alpha value is -3.13. The smallest absolute Gasteiger partial charge is 0.255 e. The van der Waals surface area contributed by atoms with E-state index in [0.29, 0.717) is 11.3 Å². The molecule has 1 aromatic heterocycles. The molecule has 7 heteroatoms. The third kappa shape index (κ3) is 4.55. The molecule has 1 aliphatic heterocycles. The topological polar surface area (TPSA) is 57.3 Å². The van der Waals surface area contributed by atoms with Gasteiger partial charge in [-0.05, 0) is 54.1 Å². The molecule has 0 unspecified atom stereocenters. The fourth-order valence-corrected chi connectivity index (χ4v) is 4.95. The molecule has 2 heterocycles. The number of piperazine rings is 1. The van der Waals surface area contributed by atoms with E-state index in [1.54, 1.807) is 11.3 Å². The lowest BCUT2D eigenvalue weighted by molar-refractivity contribution is 0.102. The molecule has 0 bridgehead atoms. The van der Waals surface area contributed by atoms with Crippen molar-refractivity contribution in [3.63, 3.8) is 0 Å². The van der Waals surface area contributed by atoms with Gasteiger partial charge in [-0.15, -0.1) is 11.3 Å². The zero-order chi connectivity index (χ0) is 21.9. The minimum atomic E-state index is -0.368. The lowest BCUT2D eigenvalue weighted by atomic mass is 10.1. The first-order chi connectivity index (χ1) is 15.7. The molecule has 1 saturated heterocycles. The molecule has 5 nitrogen and oxygen atoms in total. The SMILES string of the molecule is O=C(Nc1ccccc1-c1nc2ccc(CN3CCNCC3)cc2s1)c1ccc(F)cc1. The van der Waals surface area contributed by atoms with E-state index >= 15 is 0 Å². The average Bonchev–Trinajstić information content (AvgIpc) is 3.24. The standard InChI is InChI=1S/C25H23FN4OS/c26-19-8-6-18(7-9-19)24(31)28-21-4-2-1-3-20(21)25-29-22-10-5-17(15-23(22)32-25)16-30-13-11-27-12-14-30/h1-10,15,27H,11-14,16H2,(H,28,31). The van der Waals surface area contributed by atoms with Crippen LogP contribution in [0, 0.1) is 5.82 Å². The molecule has 3 aromatic carbocycles. The van der Waals surface area contributed by atoms with Crippen LogP contribution in [-0.2, 0) is 6.54 Å². The van der Waals surface area contributed by atoms with Crippen molar-refractivity contribution >= 4 is 33.1 Å². The molecule has 4 aromatic rings. The van der Waals surface area contributed by atoms with Gasteiger partial charge in [-0.1, -0.05) is 18.2 Å². The highest BCUT2D eigenvalue weighted by molar-refractivity contribution is 7.21. The normalized spacial score (nSPS) is 14.5. The Bertz CT molecular complexity index is 1250. The second-order valence-corrected chi connectivity index (χ2v) is 8.88. The Morgan fingerprint density at radius 1 is 1.06 bits per heavy atom. The number of para-hydroxylation sites is 1. The Labute approximate surface area is 189 Å². The predicted molar refractivity (Wildman–Crippen MR) is 128 cm³/mol. The van der Waals surface area contributed by atoms with Crippen molar-refractivity contribution in [2.45, 2.75) is 6.54 Å². The van der Waals surface area contributed by atoms with Crippen LogP contribution in [0.3, 0.4) is 0 Å². The summed E-state index contributed by atoms with van der Waals surface area (Å²) in [5, 5.41) is 7.19. The third-order valence-electron chi connectivity index (χ3n) is 5.58. The van der Waals surface area contributed by atoms with E-state index < -0.39 is 0 Å². The monoisotopic (exact) mass is 446 g/mol. The summed E-state index contributed by atoms with van der Waals surface area (Å²) in [5.41, 5.74) is 4.19. The molecule has 2 N–H and O–H groups in total. The summed E-state index contributed by atoms with van der Waals surface area (Å²) in [4.78, 5) is 19.9. The number of carbonyl (C=O) groups excluding carboxylic acids is 1. The number of carbonyl (C=O) groups is 1. The Kier molecular flexibility index (Phi) is 5.94. The summed E-state index contributed by atoms with van der Waals surface area (Å²) in [6.45, 7) is 5.14. The average molecular weight is 447 g/mol. The lowest BCUT2D eigenvalue weighted by Gasteiger charge is -2.27. The maximum absolute atomic E-state index is 13.2. The van der Waals surface area contributed by atoms with Gasteiger partial charge < -0.3 is 10.6 Å². The summed E-state index contributed by atoms with van der Waals surface area (Å²) in [6.07, 6.45) is 0. The summed E-state index contributed by atoms with van der Waals surface area (Å²) in [6, 6.07) is 19.6. The number of rotatable bonds is 5. The van der Waals surface area contributed by atoms with Gasteiger partial charge in [0, 0.05) is 43.9 Å². The number of fused-ring (bicyclic) bond motifs is 1. The minimum absolute atomic E-state index is 0.281. The number of nitrogens with zero attached hydrogens (tertiary/aromatic N) is 2. The van der Waals surface area contributed by atoms with Crippen LogP contribution in [0.15, 0.2) is 66.7 Å². The number of hydrogen-bond acceptors (Lipinski definition) is 5. The van der Waals surface area contributed by atoms with Crippen LogP contribution in [0.2, 0.25) is 0 Å². The van der Waals surface area contributed by atoms with Gasteiger partial charge in [-0.25, -0.2) is 9.37 Å². The molecule has 0 spiro atoms. The first kappa shape index (κ1) is 20.8. The summed E-state index contributed by atoms with van der Waals surface area (Å²) >= 11 is 1.62.